The minimum Gasteiger partial charge on any atom is -0.497 e. The van der Waals surface area contributed by atoms with Crippen molar-refractivity contribution in [3.63, 3.8) is 0 Å². The van der Waals surface area contributed by atoms with Gasteiger partial charge >= 0.3 is 0 Å². The minimum atomic E-state index is 0.0754. The highest BCUT2D eigenvalue weighted by Gasteiger charge is 2.26. The number of rotatable bonds is 7. The van der Waals surface area contributed by atoms with E-state index in [4.69, 9.17) is 9.47 Å². The van der Waals surface area contributed by atoms with E-state index in [0.29, 0.717) is 17.2 Å². The molecule has 0 bridgehead atoms. The largest absolute Gasteiger partial charge is 0.497 e. The Morgan fingerprint density at radius 3 is 2.54 bits per heavy atom. The highest BCUT2D eigenvalue weighted by atomic mass is 16.5. The lowest BCUT2D eigenvalue weighted by molar-refractivity contribution is 0.0771. The summed E-state index contributed by atoms with van der Waals surface area (Å²) < 4.78 is 11.7. The highest BCUT2D eigenvalue weighted by Crippen LogP contribution is 2.29. The molecule has 2 heterocycles. The summed E-state index contributed by atoms with van der Waals surface area (Å²) >= 11 is 0. The molecule has 1 aromatic carbocycles. The van der Waals surface area contributed by atoms with Crippen molar-refractivity contribution >= 4 is 5.91 Å². The van der Waals surface area contributed by atoms with Crippen LogP contribution < -0.4 is 9.47 Å². The van der Waals surface area contributed by atoms with Gasteiger partial charge in [0.15, 0.2) is 0 Å². The van der Waals surface area contributed by atoms with Crippen LogP contribution in [0.2, 0.25) is 0 Å². The van der Waals surface area contributed by atoms with Crippen molar-refractivity contribution in [1.82, 2.24) is 9.80 Å². The molecule has 0 unspecified atom stereocenters. The molecule has 28 heavy (non-hydrogen) atoms. The molecule has 0 saturated carbocycles. The monoisotopic (exact) mass is 386 g/mol. The van der Waals surface area contributed by atoms with Crippen molar-refractivity contribution in [3.05, 3.63) is 35.9 Å². The Labute approximate surface area is 169 Å². The van der Waals surface area contributed by atoms with E-state index in [1.165, 1.54) is 0 Å². The van der Waals surface area contributed by atoms with Crippen LogP contribution in [0.15, 0.2) is 30.4 Å². The van der Waals surface area contributed by atoms with Gasteiger partial charge < -0.3 is 14.4 Å². The predicted octanol–water partition coefficient (Wildman–Crippen LogP) is 3.99. The van der Waals surface area contributed by atoms with Gasteiger partial charge in [-0.2, -0.15) is 0 Å². The van der Waals surface area contributed by atoms with Crippen molar-refractivity contribution in [3.8, 4) is 11.5 Å². The molecule has 2 fully saturated rings. The highest BCUT2D eigenvalue weighted by molar-refractivity contribution is 5.97. The zero-order chi connectivity index (χ0) is 19.9. The Morgan fingerprint density at radius 2 is 1.89 bits per heavy atom. The summed E-state index contributed by atoms with van der Waals surface area (Å²) in [5, 5.41) is 0. The Balaban J connectivity index is 1.62. The number of allylic oxidation sites excluding steroid dienone is 1. The molecule has 3 rings (SSSR count). The van der Waals surface area contributed by atoms with E-state index >= 15 is 0 Å². The van der Waals surface area contributed by atoms with Crippen LogP contribution in [0, 0.1) is 5.92 Å². The molecule has 0 radical (unpaired) electrons. The van der Waals surface area contributed by atoms with Gasteiger partial charge in [-0.1, -0.05) is 26.0 Å². The molecule has 0 N–H and O–H groups in total. The first kappa shape index (κ1) is 20.7. The second-order valence-corrected chi connectivity index (χ2v) is 8.15. The maximum atomic E-state index is 12.9. The normalized spacial score (nSPS) is 18.9. The Hall–Kier alpha value is -2.01. The third kappa shape index (κ3) is 5.51. The first-order chi connectivity index (χ1) is 13.6. The number of likely N-dealkylation sites (tertiary alicyclic amines) is 2. The zero-order valence-electron chi connectivity index (χ0n) is 17.5. The van der Waals surface area contributed by atoms with Gasteiger partial charge in [0.2, 0.25) is 0 Å². The van der Waals surface area contributed by atoms with Crippen molar-refractivity contribution in [1.29, 1.82) is 0 Å². The lowest BCUT2D eigenvalue weighted by Crippen LogP contribution is -2.38. The van der Waals surface area contributed by atoms with Gasteiger partial charge in [-0.3, -0.25) is 9.69 Å². The molecular formula is C23H34N2O3. The average Bonchev–Trinajstić information content (AvgIpc) is 3.23. The van der Waals surface area contributed by atoms with Gasteiger partial charge in [-0.05, 0) is 43.7 Å². The fourth-order valence-corrected chi connectivity index (χ4v) is 3.87. The van der Waals surface area contributed by atoms with Gasteiger partial charge in [0.05, 0.1) is 12.7 Å². The lowest BCUT2D eigenvalue weighted by atomic mass is 10.1. The fourth-order valence-electron chi connectivity index (χ4n) is 3.87. The zero-order valence-corrected chi connectivity index (χ0v) is 17.5. The van der Waals surface area contributed by atoms with Crippen molar-refractivity contribution in [2.45, 2.75) is 45.6 Å². The van der Waals surface area contributed by atoms with Gasteiger partial charge in [0.25, 0.3) is 5.91 Å². The number of amides is 1. The van der Waals surface area contributed by atoms with Gasteiger partial charge in [0, 0.05) is 38.8 Å². The molecule has 2 aliphatic heterocycles. The van der Waals surface area contributed by atoms with Gasteiger partial charge in [-0.25, -0.2) is 0 Å². The average molecular weight is 387 g/mol. The number of methoxy groups -OCH3 is 1. The summed E-state index contributed by atoms with van der Waals surface area (Å²) in [5.74, 6) is 2.06. The van der Waals surface area contributed by atoms with Crippen LogP contribution >= 0.6 is 0 Å². The van der Waals surface area contributed by atoms with Crippen LogP contribution in [-0.4, -0.2) is 61.6 Å². The number of carbonyl (C=O) groups excluding carboxylic acids is 1. The summed E-state index contributed by atoms with van der Waals surface area (Å²) in [6.07, 6.45) is 8.79. The number of carbonyl (C=O) groups is 1. The van der Waals surface area contributed by atoms with E-state index in [-0.39, 0.29) is 12.0 Å². The maximum Gasteiger partial charge on any atom is 0.257 e. The van der Waals surface area contributed by atoms with E-state index in [9.17, 15) is 4.79 Å². The van der Waals surface area contributed by atoms with Crippen LogP contribution in [0.1, 0.15) is 49.9 Å². The minimum absolute atomic E-state index is 0.0754. The number of benzene rings is 1. The molecule has 2 aliphatic rings. The Morgan fingerprint density at radius 1 is 1.18 bits per heavy atom. The predicted molar refractivity (Wildman–Crippen MR) is 112 cm³/mol. The SMILES string of the molecule is COc1ccc(C(=O)N2CCCC2)c(OC2CCN(CC=CC(C)C)CC2)c1. The molecule has 1 amide bonds. The fraction of sp³-hybridized carbons (Fsp3) is 0.609. The van der Waals surface area contributed by atoms with Crippen molar-refractivity contribution in [2.24, 2.45) is 5.92 Å². The molecule has 0 aromatic heterocycles. The van der Waals surface area contributed by atoms with Crippen LogP contribution in [0.5, 0.6) is 11.5 Å². The van der Waals surface area contributed by atoms with Crippen LogP contribution in [0.4, 0.5) is 0 Å². The second-order valence-electron chi connectivity index (χ2n) is 8.15. The van der Waals surface area contributed by atoms with E-state index in [1.54, 1.807) is 7.11 Å². The molecule has 1 aromatic rings. The summed E-state index contributed by atoms with van der Waals surface area (Å²) in [5.41, 5.74) is 0.657. The number of hydrogen-bond acceptors (Lipinski definition) is 4. The molecule has 154 valence electrons. The lowest BCUT2D eigenvalue weighted by Gasteiger charge is -2.32. The van der Waals surface area contributed by atoms with Gasteiger partial charge in [-0.15, -0.1) is 0 Å². The molecule has 5 nitrogen and oxygen atoms in total. The third-order valence-electron chi connectivity index (χ3n) is 5.53. The first-order valence-electron chi connectivity index (χ1n) is 10.6. The van der Waals surface area contributed by atoms with Crippen LogP contribution in [-0.2, 0) is 0 Å². The number of hydrogen-bond donors (Lipinski definition) is 0. The second kappa shape index (κ2) is 9.97. The van der Waals surface area contributed by atoms with Crippen LogP contribution in [0.3, 0.4) is 0 Å². The molecule has 2 saturated heterocycles. The Kier molecular flexibility index (Phi) is 7.37. The van der Waals surface area contributed by atoms with Gasteiger partial charge in [0.1, 0.15) is 17.6 Å². The third-order valence-corrected chi connectivity index (χ3v) is 5.53. The number of piperidine rings is 1. The number of ether oxygens (including phenoxy) is 2. The van der Waals surface area contributed by atoms with Crippen LogP contribution in [0.25, 0.3) is 0 Å². The quantitative estimate of drug-likeness (QED) is 0.665. The summed E-state index contributed by atoms with van der Waals surface area (Å²) in [7, 11) is 1.64. The molecule has 0 spiro atoms. The maximum absolute atomic E-state index is 12.9. The first-order valence-corrected chi connectivity index (χ1v) is 10.6. The summed E-state index contributed by atoms with van der Waals surface area (Å²) in [6.45, 7) is 9.12. The number of nitrogens with zero attached hydrogens (tertiary/aromatic N) is 2. The smallest absolute Gasteiger partial charge is 0.257 e. The van der Waals surface area contributed by atoms with E-state index in [0.717, 1.165) is 64.2 Å². The molecular weight excluding hydrogens is 352 g/mol. The summed E-state index contributed by atoms with van der Waals surface area (Å²) in [4.78, 5) is 17.3. The molecule has 0 aliphatic carbocycles. The topological polar surface area (TPSA) is 42.0 Å². The van der Waals surface area contributed by atoms with Crippen molar-refractivity contribution < 1.29 is 14.3 Å². The van der Waals surface area contributed by atoms with E-state index in [2.05, 4.69) is 30.9 Å². The standard InChI is InChI=1S/C23H34N2O3/c1-18(2)7-6-12-24-15-10-19(11-16-24)28-22-17-20(27-3)8-9-21(22)23(26)25-13-4-5-14-25/h6-9,17-19H,4-5,10-16H2,1-3H3. The van der Waals surface area contributed by atoms with E-state index < -0.39 is 0 Å². The summed E-state index contributed by atoms with van der Waals surface area (Å²) in [6, 6.07) is 5.56. The Bertz CT molecular complexity index is 672. The molecule has 0 atom stereocenters. The van der Waals surface area contributed by atoms with E-state index in [1.807, 2.05) is 23.1 Å². The molecule has 5 heteroatoms. The van der Waals surface area contributed by atoms with Crippen molar-refractivity contribution in [2.75, 3.05) is 39.8 Å².